The van der Waals surface area contributed by atoms with Crippen LogP contribution in [0.1, 0.15) is 13.8 Å². The Hall–Kier alpha value is -1.39. The van der Waals surface area contributed by atoms with Gasteiger partial charge < -0.3 is 20.8 Å². The summed E-state index contributed by atoms with van der Waals surface area (Å²) < 4.78 is 31.6. The van der Waals surface area contributed by atoms with Crippen LogP contribution in [-0.4, -0.2) is 40.2 Å². The molecule has 1 rings (SSSR count). The van der Waals surface area contributed by atoms with Gasteiger partial charge >= 0.3 is 10.4 Å². The Kier molecular flexibility index (Phi) is 6.73. The van der Waals surface area contributed by atoms with Gasteiger partial charge in [0.15, 0.2) is 0 Å². The summed E-state index contributed by atoms with van der Waals surface area (Å²) in [7, 11) is -4.67. The normalized spacial score (nSPS) is 14.0. The second-order valence-corrected chi connectivity index (χ2v) is 4.57. The fourth-order valence-corrected chi connectivity index (χ4v) is 1.44. The number of nitrogen functional groups attached to an aromatic ring is 1. The number of nitrogens with two attached hydrogens (primary N) is 1. The molecule has 0 saturated heterocycles. The first-order valence-electron chi connectivity index (χ1n) is 5.23. The molecule has 0 aliphatic carbocycles. The SMILES string of the molecule is CC(O)N(c1ccccc1N)C(C)O.O=S(=O)(O)O. The number of hydrogen-bond acceptors (Lipinski definition) is 6. The van der Waals surface area contributed by atoms with E-state index in [-0.39, 0.29) is 0 Å². The average molecular weight is 294 g/mol. The van der Waals surface area contributed by atoms with Crippen LogP contribution in [0.3, 0.4) is 0 Å². The van der Waals surface area contributed by atoms with Crippen LogP contribution in [0, 0.1) is 0 Å². The lowest BCUT2D eigenvalue weighted by Gasteiger charge is -2.31. The molecule has 2 atom stereocenters. The van der Waals surface area contributed by atoms with Gasteiger partial charge in [-0.2, -0.15) is 8.42 Å². The van der Waals surface area contributed by atoms with Crippen LogP contribution >= 0.6 is 0 Å². The molecular formula is C10H18N2O6S. The zero-order chi connectivity index (χ0) is 15.2. The fraction of sp³-hybridized carbons (Fsp3) is 0.400. The molecule has 8 nitrogen and oxygen atoms in total. The fourth-order valence-electron chi connectivity index (χ4n) is 1.44. The number of aliphatic hydroxyl groups excluding tert-OH is 2. The van der Waals surface area contributed by atoms with E-state index in [0.29, 0.717) is 11.4 Å². The molecule has 0 aliphatic rings. The molecule has 1 aromatic carbocycles. The highest BCUT2D eigenvalue weighted by atomic mass is 32.3. The Labute approximate surface area is 111 Å². The molecule has 6 N–H and O–H groups in total. The monoisotopic (exact) mass is 294 g/mol. The van der Waals surface area contributed by atoms with Crippen LogP contribution < -0.4 is 10.6 Å². The molecule has 0 bridgehead atoms. The van der Waals surface area contributed by atoms with Crippen molar-refractivity contribution in [2.24, 2.45) is 0 Å². The highest BCUT2D eigenvalue weighted by Gasteiger charge is 2.18. The number of hydrogen-bond donors (Lipinski definition) is 5. The maximum atomic E-state index is 9.47. The van der Waals surface area contributed by atoms with E-state index in [1.54, 1.807) is 32.0 Å². The molecule has 9 heteroatoms. The first-order valence-corrected chi connectivity index (χ1v) is 6.62. The molecule has 19 heavy (non-hydrogen) atoms. The highest BCUT2D eigenvalue weighted by molar-refractivity contribution is 7.79. The van der Waals surface area contributed by atoms with E-state index in [2.05, 4.69) is 0 Å². The molecule has 0 spiro atoms. The zero-order valence-electron chi connectivity index (χ0n) is 10.5. The van der Waals surface area contributed by atoms with E-state index < -0.39 is 22.9 Å². The van der Waals surface area contributed by atoms with E-state index in [9.17, 15) is 10.2 Å². The molecule has 0 saturated carbocycles. The summed E-state index contributed by atoms with van der Waals surface area (Å²) >= 11 is 0. The van der Waals surface area contributed by atoms with Crippen molar-refractivity contribution < 1.29 is 27.7 Å². The van der Waals surface area contributed by atoms with Gasteiger partial charge in [-0.3, -0.25) is 9.11 Å². The van der Waals surface area contributed by atoms with Crippen molar-refractivity contribution in [1.29, 1.82) is 0 Å². The molecular weight excluding hydrogens is 276 g/mol. The standard InChI is InChI=1S/C10H16N2O2.H2O4S/c1-7(13)12(8(2)14)10-6-4-3-5-9(10)11;1-5(2,3)4/h3-8,13-14H,11H2,1-2H3;(H2,1,2,3,4). The number of aliphatic hydroxyl groups is 2. The first-order chi connectivity index (χ1) is 8.54. The summed E-state index contributed by atoms with van der Waals surface area (Å²) in [6.45, 7) is 3.16. The predicted octanol–water partition coefficient (Wildman–Crippen LogP) is 0.0990. The van der Waals surface area contributed by atoms with Crippen LogP contribution in [0.5, 0.6) is 0 Å². The highest BCUT2D eigenvalue weighted by Crippen LogP contribution is 2.25. The molecule has 0 amide bonds. The van der Waals surface area contributed by atoms with E-state index in [0.717, 1.165) is 0 Å². The number of nitrogens with zero attached hydrogens (tertiary/aromatic N) is 1. The van der Waals surface area contributed by atoms with Crippen LogP contribution in [-0.2, 0) is 10.4 Å². The van der Waals surface area contributed by atoms with Gasteiger partial charge in [0.2, 0.25) is 0 Å². The van der Waals surface area contributed by atoms with Gasteiger partial charge in [0.05, 0.1) is 11.4 Å². The Balaban J connectivity index is 0.000000555. The van der Waals surface area contributed by atoms with Gasteiger partial charge in [0.25, 0.3) is 0 Å². The molecule has 0 aromatic heterocycles. The van der Waals surface area contributed by atoms with E-state index >= 15 is 0 Å². The Bertz CT molecular complexity index is 473. The van der Waals surface area contributed by atoms with E-state index in [1.807, 2.05) is 6.07 Å². The third-order valence-electron chi connectivity index (χ3n) is 2.02. The molecule has 0 heterocycles. The maximum Gasteiger partial charge on any atom is 0.394 e. The lowest BCUT2D eigenvalue weighted by Crippen LogP contribution is -2.40. The summed E-state index contributed by atoms with van der Waals surface area (Å²) in [5, 5.41) is 18.9. The molecule has 0 fully saturated rings. The molecule has 110 valence electrons. The van der Waals surface area contributed by atoms with Crippen LogP contribution in [0.15, 0.2) is 24.3 Å². The third-order valence-corrected chi connectivity index (χ3v) is 2.02. The van der Waals surface area contributed by atoms with Gasteiger partial charge in [-0.25, -0.2) is 0 Å². The molecule has 0 radical (unpaired) electrons. The summed E-state index contributed by atoms with van der Waals surface area (Å²) in [5.41, 5.74) is 6.91. The first kappa shape index (κ1) is 17.6. The quantitative estimate of drug-likeness (QED) is 0.300. The van der Waals surface area contributed by atoms with Crippen molar-refractivity contribution in [2.75, 3.05) is 10.6 Å². The number of benzene rings is 1. The van der Waals surface area contributed by atoms with Crippen molar-refractivity contribution >= 4 is 21.8 Å². The number of rotatable bonds is 3. The lowest BCUT2D eigenvalue weighted by molar-refractivity contribution is 0.105. The Morgan fingerprint density at radius 3 is 1.79 bits per heavy atom. The summed E-state index contributed by atoms with van der Waals surface area (Å²) in [6, 6.07) is 7.10. The van der Waals surface area contributed by atoms with Gasteiger partial charge in [0.1, 0.15) is 12.5 Å². The lowest BCUT2D eigenvalue weighted by atomic mass is 10.2. The minimum absolute atomic E-state index is 0.536. The molecule has 1 aromatic rings. The summed E-state index contributed by atoms with van der Waals surface area (Å²) in [6.07, 6.45) is -1.56. The van der Waals surface area contributed by atoms with Gasteiger partial charge in [-0.05, 0) is 26.0 Å². The zero-order valence-corrected chi connectivity index (χ0v) is 11.3. The maximum absolute atomic E-state index is 9.47. The molecule has 0 aliphatic heterocycles. The van der Waals surface area contributed by atoms with Crippen LogP contribution in [0.4, 0.5) is 11.4 Å². The van der Waals surface area contributed by atoms with Gasteiger partial charge in [-0.1, -0.05) is 12.1 Å². The third kappa shape index (κ3) is 7.59. The Morgan fingerprint density at radius 2 is 1.47 bits per heavy atom. The Morgan fingerprint density at radius 1 is 1.11 bits per heavy atom. The van der Waals surface area contributed by atoms with Crippen molar-refractivity contribution in [1.82, 2.24) is 0 Å². The smallest absolute Gasteiger partial charge is 0.394 e. The van der Waals surface area contributed by atoms with Crippen molar-refractivity contribution in [3.8, 4) is 0 Å². The van der Waals surface area contributed by atoms with Crippen LogP contribution in [0.2, 0.25) is 0 Å². The van der Waals surface area contributed by atoms with Crippen molar-refractivity contribution in [3.05, 3.63) is 24.3 Å². The van der Waals surface area contributed by atoms with Crippen molar-refractivity contribution in [2.45, 2.75) is 26.3 Å². The van der Waals surface area contributed by atoms with Gasteiger partial charge in [0, 0.05) is 0 Å². The van der Waals surface area contributed by atoms with Gasteiger partial charge in [-0.15, -0.1) is 0 Å². The predicted molar refractivity (Wildman–Crippen MR) is 70.9 cm³/mol. The number of anilines is 2. The second-order valence-electron chi connectivity index (χ2n) is 3.68. The van der Waals surface area contributed by atoms with E-state index in [1.165, 1.54) is 4.90 Å². The average Bonchev–Trinajstić information content (AvgIpc) is 2.17. The van der Waals surface area contributed by atoms with E-state index in [4.69, 9.17) is 23.3 Å². The number of para-hydroxylation sites is 2. The summed E-state index contributed by atoms with van der Waals surface area (Å²) in [4.78, 5) is 1.44. The topological polar surface area (TPSA) is 144 Å². The molecule has 2 unspecified atom stereocenters. The minimum atomic E-state index is -4.67. The van der Waals surface area contributed by atoms with Crippen molar-refractivity contribution in [3.63, 3.8) is 0 Å². The largest absolute Gasteiger partial charge is 0.397 e. The minimum Gasteiger partial charge on any atom is -0.397 e. The van der Waals surface area contributed by atoms with Crippen LogP contribution in [0.25, 0.3) is 0 Å². The second kappa shape index (κ2) is 7.26. The summed E-state index contributed by atoms with van der Waals surface area (Å²) in [5.74, 6) is 0.